The molecule has 0 aromatic rings. The molecule has 0 spiro atoms. The van der Waals surface area contributed by atoms with E-state index in [9.17, 15) is 18.0 Å². The summed E-state index contributed by atoms with van der Waals surface area (Å²) in [6, 6.07) is 3.50. The molecule has 1 aliphatic carbocycles. The topological polar surface area (TPSA) is 64.7 Å². The van der Waals surface area contributed by atoms with Gasteiger partial charge < -0.3 is 0 Å². The fraction of sp³-hybridized carbons (Fsp3) is 0.769. The van der Waals surface area contributed by atoms with Gasteiger partial charge >= 0.3 is 6.18 Å². The van der Waals surface area contributed by atoms with Crippen LogP contribution < -0.4 is 0 Å². The zero-order chi connectivity index (χ0) is 14.5. The normalized spacial score (nSPS) is 17.8. The molecule has 0 aromatic carbocycles. The van der Waals surface area contributed by atoms with Gasteiger partial charge in [-0.15, -0.1) is 0 Å². The average molecular weight is 272 g/mol. The molecule has 0 bridgehead atoms. The van der Waals surface area contributed by atoms with Crippen LogP contribution >= 0.6 is 0 Å². The number of carbonyl (C=O) groups excluding carboxylic acids is 1. The number of nitriles is 2. The number of nitrogens with zero attached hydrogens (tertiary/aromatic N) is 2. The summed E-state index contributed by atoms with van der Waals surface area (Å²) in [6.45, 7) is 0. The Balaban J connectivity index is 2.64. The van der Waals surface area contributed by atoms with Crippen molar-refractivity contribution < 1.29 is 18.0 Å². The molecule has 0 radical (unpaired) electrons. The molecule has 0 amide bonds. The number of alkyl halides is 3. The van der Waals surface area contributed by atoms with E-state index in [1.165, 1.54) is 0 Å². The summed E-state index contributed by atoms with van der Waals surface area (Å²) in [6.07, 6.45) is -3.92. The molecule has 6 heteroatoms. The predicted octanol–water partition coefficient (Wildman–Crippen LogP) is 3.51. The minimum Gasteiger partial charge on any atom is -0.300 e. The van der Waals surface area contributed by atoms with Crippen LogP contribution in [0.2, 0.25) is 0 Å². The van der Waals surface area contributed by atoms with Gasteiger partial charge in [0.25, 0.3) is 0 Å². The fourth-order valence-electron chi connectivity index (χ4n) is 2.38. The second-order valence-corrected chi connectivity index (χ2v) is 5.11. The van der Waals surface area contributed by atoms with Gasteiger partial charge in [-0.2, -0.15) is 23.7 Å². The first-order valence-electron chi connectivity index (χ1n) is 6.21. The quantitative estimate of drug-likeness (QED) is 0.786. The number of Topliss-reactive ketones (excluding diaryl/α,β-unsaturated/α-hetero) is 1. The monoisotopic (exact) mass is 272 g/mol. The highest BCUT2D eigenvalue weighted by Crippen LogP contribution is 2.38. The van der Waals surface area contributed by atoms with Crippen LogP contribution in [-0.2, 0) is 4.79 Å². The summed E-state index contributed by atoms with van der Waals surface area (Å²) in [4.78, 5) is 11.1. The predicted molar refractivity (Wildman–Crippen MR) is 60.5 cm³/mol. The lowest BCUT2D eigenvalue weighted by molar-refractivity contribution is -0.138. The van der Waals surface area contributed by atoms with E-state index in [0.717, 1.165) is 0 Å². The second kappa shape index (κ2) is 6.06. The van der Waals surface area contributed by atoms with Crippen molar-refractivity contribution >= 4 is 5.78 Å². The maximum atomic E-state index is 12.2. The third-order valence-electron chi connectivity index (χ3n) is 3.56. The van der Waals surface area contributed by atoms with Crippen molar-refractivity contribution in [1.29, 1.82) is 10.5 Å². The van der Waals surface area contributed by atoms with Crippen molar-refractivity contribution in [3.05, 3.63) is 0 Å². The lowest BCUT2D eigenvalue weighted by atomic mass is 9.73. The summed E-state index contributed by atoms with van der Waals surface area (Å²) in [7, 11) is 0. The van der Waals surface area contributed by atoms with Crippen molar-refractivity contribution in [3.63, 3.8) is 0 Å². The van der Waals surface area contributed by atoms with Crippen LogP contribution in [0.4, 0.5) is 13.2 Å². The Kier molecular flexibility index (Phi) is 4.94. The van der Waals surface area contributed by atoms with E-state index < -0.39 is 24.4 Å². The molecule has 19 heavy (non-hydrogen) atoms. The van der Waals surface area contributed by atoms with Crippen LogP contribution in [0.1, 0.15) is 44.9 Å². The summed E-state index contributed by atoms with van der Waals surface area (Å²) in [5.74, 6) is 0.135. The van der Waals surface area contributed by atoms with Gasteiger partial charge in [-0.3, -0.25) is 4.79 Å². The van der Waals surface area contributed by atoms with E-state index >= 15 is 0 Å². The number of ketones is 1. The molecule has 0 N–H and O–H groups in total. The standard InChI is InChI=1S/C13H15F3N2O/c14-13(15,16)6-5-12(8-17,9-18)7-10-1-3-11(19)4-2-10/h10H,1-7H2. The third-order valence-corrected chi connectivity index (χ3v) is 3.56. The van der Waals surface area contributed by atoms with Crippen LogP contribution in [0.3, 0.4) is 0 Å². The summed E-state index contributed by atoms with van der Waals surface area (Å²) < 4.78 is 36.7. The molecular weight excluding hydrogens is 257 g/mol. The average Bonchev–Trinajstić information content (AvgIpc) is 2.36. The SMILES string of the molecule is N#CC(C#N)(CCC(F)(F)F)CC1CCC(=O)CC1. The molecule has 0 aromatic heterocycles. The van der Waals surface area contributed by atoms with E-state index in [0.29, 0.717) is 25.7 Å². The zero-order valence-electron chi connectivity index (χ0n) is 10.5. The Morgan fingerprint density at radius 1 is 1.11 bits per heavy atom. The summed E-state index contributed by atoms with van der Waals surface area (Å²) in [5.41, 5.74) is -1.58. The smallest absolute Gasteiger partial charge is 0.300 e. The lowest BCUT2D eigenvalue weighted by Crippen LogP contribution is -2.26. The Morgan fingerprint density at radius 3 is 2.05 bits per heavy atom. The largest absolute Gasteiger partial charge is 0.389 e. The Labute approximate surface area is 110 Å². The number of hydrogen-bond donors (Lipinski definition) is 0. The zero-order valence-corrected chi connectivity index (χ0v) is 10.5. The van der Waals surface area contributed by atoms with E-state index in [2.05, 4.69) is 0 Å². The van der Waals surface area contributed by atoms with Crippen molar-refractivity contribution in [3.8, 4) is 12.1 Å². The lowest BCUT2D eigenvalue weighted by Gasteiger charge is -2.27. The van der Waals surface area contributed by atoms with Gasteiger partial charge in [-0.25, -0.2) is 0 Å². The molecule has 3 nitrogen and oxygen atoms in total. The Bertz CT molecular complexity index is 393. The Hall–Kier alpha value is -1.56. The third kappa shape index (κ3) is 4.90. The highest BCUT2D eigenvalue weighted by atomic mass is 19.4. The fourth-order valence-corrected chi connectivity index (χ4v) is 2.38. The Morgan fingerprint density at radius 2 is 1.63 bits per heavy atom. The number of carbonyl (C=O) groups is 1. The van der Waals surface area contributed by atoms with Crippen molar-refractivity contribution in [2.75, 3.05) is 0 Å². The van der Waals surface area contributed by atoms with Gasteiger partial charge in [0, 0.05) is 19.3 Å². The highest BCUT2D eigenvalue weighted by Gasteiger charge is 2.39. The van der Waals surface area contributed by atoms with Gasteiger partial charge in [0.1, 0.15) is 11.2 Å². The van der Waals surface area contributed by atoms with Gasteiger partial charge in [0.15, 0.2) is 0 Å². The molecule has 1 aliphatic rings. The van der Waals surface area contributed by atoms with Gasteiger partial charge in [0.05, 0.1) is 12.1 Å². The summed E-state index contributed by atoms with van der Waals surface area (Å²) >= 11 is 0. The minimum absolute atomic E-state index is 0.00904. The van der Waals surface area contributed by atoms with Crippen molar-refractivity contribution in [2.45, 2.75) is 51.1 Å². The second-order valence-electron chi connectivity index (χ2n) is 5.11. The maximum Gasteiger partial charge on any atom is 0.389 e. The minimum atomic E-state index is -4.36. The first-order chi connectivity index (χ1) is 8.80. The van der Waals surface area contributed by atoms with Crippen molar-refractivity contribution in [1.82, 2.24) is 0 Å². The number of rotatable bonds is 4. The first kappa shape index (κ1) is 15.5. The molecule has 0 atom stereocenters. The van der Waals surface area contributed by atoms with Crippen LogP contribution in [0.5, 0.6) is 0 Å². The number of hydrogen-bond acceptors (Lipinski definition) is 3. The van der Waals surface area contributed by atoms with Crippen LogP contribution in [0.25, 0.3) is 0 Å². The molecule has 104 valence electrons. The van der Waals surface area contributed by atoms with Gasteiger partial charge in [0.2, 0.25) is 0 Å². The number of halogens is 3. The van der Waals surface area contributed by atoms with Gasteiger partial charge in [-0.1, -0.05) is 0 Å². The van der Waals surface area contributed by atoms with Crippen LogP contribution in [0.15, 0.2) is 0 Å². The molecule has 0 saturated heterocycles. The summed E-state index contributed by atoms with van der Waals surface area (Å²) in [5, 5.41) is 18.1. The molecule has 0 unspecified atom stereocenters. The van der Waals surface area contributed by atoms with Crippen molar-refractivity contribution in [2.24, 2.45) is 11.3 Å². The van der Waals surface area contributed by atoms with E-state index in [-0.39, 0.29) is 18.1 Å². The molecule has 1 saturated carbocycles. The van der Waals surface area contributed by atoms with E-state index in [1.807, 2.05) is 0 Å². The molecule has 1 fully saturated rings. The molecule has 1 rings (SSSR count). The van der Waals surface area contributed by atoms with E-state index in [1.54, 1.807) is 12.1 Å². The van der Waals surface area contributed by atoms with Gasteiger partial charge in [-0.05, 0) is 31.6 Å². The van der Waals surface area contributed by atoms with Crippen LogP contribution in [-0.4, -0.2) is 12.0 Å². The highest BCUT2D eigenvalue weighted by molar-refractivity contribution is 5.79. The van der Waals surface area contributed by atoms with Crippen LogP contribution in [0, 0.1) is 34.0 Å². The maximum absolute atomic E-state index is 12.2. The molecule has 0 aliphatic heterocycles. The molecule has 0 heterocycles. The molecular formula is C13H15F3N2O. The van der Waals surface area contributed by atoms with E-state index in [4.69, 9.17) is 10.5 Å². The first-order valence-corrected chi connectivity index (χ1v) is 6.21.